The van der Waals surface area contributed by atoms with E-state index < -0.39 is 0 Å². The lowest BCUT2D eigenvalue weighted by atomic mass is 10.1. The predicted molar refractivity (Wildman–Crippen MR) is 80.5 cm³/mol. The molecule has 1 amide bonds. The summed E-state index contributed by atoms with van der Waals surface area (Å²) in [4.78, 5) is 12.0. The van der Waals surface area contributed by atoms with Crippen LogP contribution in [0.15, 0.2) is 42.7 Å². The molecule has 0 aliphatic carbocycles. The zero-order valence-electron chi connectivity index (χ0n) is 12.3. The van der Waals surface area contributed by atoms with Gasteiger partial charge in [0, 0.05) is 17.8 Å². The molecule has 0 saturated heterocycles. The molecule has 1 aromatic carbocycles. The molecule has 1 aromatic heterocycles. The normalized spacial score (nSPS) is 10.3. The van der Waals surface area contributed by atoms with Crippen LogP contribution in [0.4, 0.5) is 5.69 Å². The molecule has 2 rings (SSSR count). The van der Waals surface area contributed by atoms with E-state index >= 15 is 0 Å². The van der Waals surface area contributed by atoms with Gasteiger partial charge in [0.15, 0.2) is 18.9 Å². The molecule has 20 heavy (non-hydrogen) atoms. The summed E-state index contributed by atoms with van der Waals surface area (Å²) in [5.41, 5.74) is 4.45. The molecule has 1 N–H and O–H groups in total. The number of carbonyl (C=O) groups excluding carboxylic acids is 1. The monoisotopic (exact) mass is 269 g/mol. The van der Waals surface area contributed by atoms with E-state index in [9.17, 15) is 4.79 Å². The van der Waals surface area contributed by atoms with Crippen LogP contribution in [0, 0.1) is 20.8 Å². The Balaban J connectivity index is 1.92. The number of pyridine rings is 1. The second-order valence-electron chi connectivity index (χ2n) is 5.16. The van der Waals surface area contributed by atoms with Gasteiger partial charge in [-0.25, -0.2) is 4.57 Å². The highest BCUT2D eigenvalue weighted by molar-refractivity contribution is 5.91. The number of hydrogen-bond donors (Lipinski definition) is 1. The smallest absolute Gasteiger partial charge is 0.230 e. The van der Waals surface area contributed by atoms with Crippen LogP contribution < -0.4 is 9.88 Å². The van der Waals surface area contributed by atoms with E-state index in [2.05, 4.69) is 12.2 Å². The molecule has 0 bridgehead atoms. The van der Waals surface area contributed by atoms with Gasteiger partial charge in [0.1, 0.15) is 0 Å². The summed E-state index contributed by atoms with van der Waals surface area (Å²) in [6.07, 6.45) is 4.47. The Morgan fingerprint density at radius 1 is 1.10 bits per heavy atom. The van der Waals surface area contributed by atoms with Gasteiger partial charge in [0.2, 0.25) is 5.91 Å². The van der Waals surface area contributed by atoms with E-state index in [1.807, 2.05) is 61.1 Å². The molecule has 0 aliphatic heterocycles. The summed E-state index contributed by atoms with van der Waals surface area (Å²) in [5.74, 6) is 0.0479. The molecule has 2 aromatic rings. The Morgan fingerprint density at radius 3 is 2.50 bits per heavy atom. The van der Waals surface area contributed by atoms with Crippen molar-refractivity contribution in [3.63, 3.8) is 0 Å². The Hall–Kier alpha value is -2.16. The third-order valence-electron chi connectivity index (χ3n) is 3.53. The quantitative estimate of drug-likeness (QED) is 0.851. The van der Waals surface area contributed by atoms with Crippen LogP contribution in [0.5, 0.6) is 0 Å². The fourth-order valence-electron chi connectivity index (χ4n) is 2.01. The molecule has 3 nitrogen and oxygen atoms in total. The van der Waals surface area contributed by atoms with Crippen LogP contribution in [0.25, 0.3) is 0 Å². The van der Waals surface area contributed by atoms with E-state index in [1.54, 1.807) is 0 Å². The molecular weight excluding hydrogens is 248 g/mol. The van der Waals surface area contributed by atoms with E-state index in [4.69, 9.17) is 0 Å². The SMILES string of the molecule is Cc1cc[n+](CCC(=O)Nc2cccc(C)c2C)cc1. The molecule has 1 heterocycles. The van der Waals surface area contributed by atoms with Gasteiger partial charge in [0.05, 0.1) is 6.42 Å². The summed E-state index contributed by atoms with van der Waals surface area (Å²) < 4.78 is 2.02. The second kappa shape index (κ2) is 6.33. The number of nitrogens with zero attached hydrogens (tertiary/aromatic N) is 1. The minimum atomic E-state index is 0.0479. The van der Waals surface area contributed by atoms with Crippen LogP contribution in [-0.2, 0) is 11.3 Å². The Labute approximate surface area is 120 Å². The van der Waals surface area contributed by atoms with Gasteiger partial charge in [-0.15, -0.1) is 0 Å². The lowest BCUT2D eigenvalue weighted by molar-refractivity contribution is -0.695. The Morgan fingerprint density at radius 2 is 1.80 bits per heavy atom. The third kappa shape index (κ3) is 3.67. The van der Waals surface area contributed by atoms with Gasteiger partial charge in [-0.05, 0) is 43.5 Å². The van der Waals surface area contributed by atoms with Crippen molar-refractivity contribution in [1.29, 1.82) is 0 Å². The van der Waals surface area contributed by atoms with Crippen LogP contribution in [0.1, 0.15) is 23.1 Å². The van der Waals surface area contributed by atoms with Crippen LogP contribution in [-0.4, -0.2) is 5.91 Å². The Kier molecular flexibility index (Phi) is 4.51. The number of carbonyl (C=O) groups is 1. The minimum Gasteiger partial charge on any atom is -0.326 e. The second-order valence-corrected chi connectivity index (χ2v) is 5.16. The predicted octanol–water partition coefficient (Wildman–Crippen LogP) is 2.93. The highest BCUT2D eigenvalue weighted by Crippen LogP contribution is 2.17. The lowest BCUT2D eigenvalue weighted by Crippen LogP contribution is -2.34. The van der Waals surface area contributed by atoms with Gasteiger partial charge in [-0.2, -0.15) is 0 Å². The summed E-state index contributed by atoms with van der Waals surface area (Å²) in [6.45, 7) is 6.82. The topological polar surface area (TPSA) is 33.0 Å². The van der Waals surface area contributed by atoms with Crippen molar-refractivity contribution in [3.05, 3.63) is 59.4 Å². The molecular formula is C17H21N2O+. The molecule has 0 unspecified atom stereocenters. The number of anilines is 1. The fraction of sp³-hybridized carbons (Fsp3) is 0.294. The van der Waals surface area contributed by atoms with Crippen LogP contribution >= 0.6 is 0 Å². The van der Waals surface area contributed by atoms with Crippen LogP contribution in [0.2, 0.25) is 0 Å². The maximum atomic E-state index is 12.0. The fourth-order valence-corrected chi connectivity index (χ4v) is 2.01. The lowest BCUT2D eigenvalue weighted by Gasteiger charge is -2.09. The maximum absolute atomic E-state index is 12.0. The third-order valence-corrected chi connectivity index (χ3v) is 3.53. The maximum Gasteiger partial charge on any atom is 0.230 e. The van der Waals surface area contributed by atoms with Crippen LogP contribution in [0.3, 0.4) is 0 Å². The van der Waals surface area contributed by atoms with Crippen molar-refractivity contribution in [2.45, 2.75) is 33.7 Å². The first-order valence-electron chi connectivity index (χ1n) is 6.88. The summed E-state index contributed by atoms with van der Waals surface area (Å²) >= 11 is 0. The first-order valence-corrected chi connectivity index (χ1v) is 6.88. The standard InChI is InChI=1S/C17H20N2O/c1-13-7-10-19(11-8-13)12-9-17(20)18-16-6-4-5-14(2)15(16)3/h4-8,10-11H,9,12H2,1-3H3/p+1. The first kappa shape index (κ1) is 14.3. The van der Waals surface area contributed by atoms with E-state index in [0.29, 0.717) is 13.0 Å². The number of hydrogen-bond acceptors (Lipinski definition) is 1. The molecule has 3 heteroatoms. The van der Waals surface area contributed by atoms with Gasteiger partial charge in [-0.1, -0.05) is 12.1 Å². The van der Waals surface area contributed by atoms with Gasteiger partial charge in [0.25, 0.3) is 0 Å². The molecule has 104 valence electrons. The van der Waals surface area contributed by atoms with Gasteiger partial charge >= 0.3 is 0 Å². The van der Waals surface area contributed by atoms with E-state index in [-0.39, 0.29) is 5.91 Å². The van der Waals surface area contributed by atoms with Crippen molar-refractivity contribution in [1.82, 2.24) is 0 Å². The molecule has 0 spiro atoms. The number of aryl methyl sites for hydroxylation is 3. The zero-order valence-corrected chi connectivity index (χ0v) is 12.3. The average Bonchev–Trinajstić information content (AvgIpc) is 2.43. The largest absolute Gasteiger partial charge is 0.326 e. The number of amides is 1. The van der Waals surface area contributed by atoms with Gasteiger partial charge < -0.3 is 5.32 Å². The van der Waals surface area contributed by atoms with Crippen molar-refractivity contribution >= 4 is 11.6 Å². The number of aromatic nitrogens is 1. The summed E-state index contributed by atoms with van der Waals surface area (Å²) in [5, 5.41) is 2.98. The molecule has 0 atom stereocenters. The first-order chi connectivity index (χ1) is 9.56. The average molecular weight is 269 g/mol. The molecule has 0 saturated carbocycles. The summed E-state index contributed by atoms with van der Waals surface area (Å²) in [6, 6.07) is 10.0. The highest BCUT2D eigenvalue weighted by atomic mass is 16.1. The number of nitrogens with one attached hydrogen (secondary N) is 1. The summed E-state index contributed by atoms with van der Waals surface area (Å²) in [7, 11) is 0. The van der Waals surface area contributed by atoms with Crippen molar-refractivity contribution in [2.75, 3.05) is 5.32 Å². The Bertz CT molecular complexity index is 603. The van der Waals surface area contributed by atoms with Crippen molar-refractivity contribution in [3.8, 4) is 0 Å². The number of rotatable bonds is 4. The molecule has 0 fully saturated rings. The molecule has 0 radical (unpaired) electrons. The zero-order chi connectivity index (χ0) is 14.5. The molecule has 0 aliphatic rings. The van der Waals surface area contributed by atoms with Gasteiger partial charge in [-0.3, -0.25) is 4.79 Å². The van der Waals surface area contributed by atoms with Crippen molar-refractivity contribution < 1.29 is 9.36 Å². The highest BCUT2D eigenvalue weighted by Gasteiger charge is 2.08. The van der Waals surface area contributed by atoms with E-state index in [1.165, 1.54) is 11.1 Å². The number of benzene rings is 1. The van der Waals surface area contributed by atoms with E-state index in [0.717, 1.165) is 11.3 Å². The minimum absolute atomic E-state index is 0.0479. The van der Waals surface area contributed by atoms with Crippen molar-refractivity contribution in [2.24, 2.45) is 0 Å².